The number of hydrogen-bond acceptors (Lipinski definition) is 2. The number of nitrogens with one attached hydrogen (secondary N) is 1. The molecule has 0 aromatic rings. The van der Waals surface area contributed by atoms with Gasteiger partial charge in [0.15, 0.2) is 0 Å². The summed E-state index contributed by atoms with van der Waals surface area (Å²) < 4.78 is 0. The number of hydrogen-bond donors (Lipinski definition) is 1. The Hall–Kier alpha value is -0.0800. The Kier molecular flexibility index (Phi) is 3.13. The average Bonchev–Trinajstić information content (AvgIpc) is 2.50. The van der Waals surface area contributed by atoms with Gasteiger partial charge in [-0.15, -0.1) is 0 Å². The zero-order valence-corrected chi connectivity index (χ0v) is 9.68. The molecular formula is C12H24N2. The highest BCUT2D eigenvalue weighted by atomic mass is 15.2. The lowest BCUT2D eigenvalue weighted by Gasteiger charge is -2.42. The molecule has 1 saturated heterocycles. The van der Waals surface area contributed by atoms with Gasteiger partial charge in [-0.05, 0) is 44.7 Å². The van der Waals surface area contributed by atoms with E-state index in [0.717, 1.165) is 6.04 Å². The van der Waals surface area contributed by atoms with Crippen LogP contribution in [-0.4, -0.2) is 37.6 Å². The third-order valence-corrected chi connectivity index (χ3v) is 4.32. The smallest absolute Gasteiger partial charge is 0.0207 e. The fourth-order valence-corrected chi connectivity index (χ4v) is 2.79. The molecule has 2 aliphatic rings. The Bertz CT molecular complexity index is 181. The molecule has 1 atom stereocenters. The summed E-state index contributed by atoms with van der Waals surface area (Å²) in [7, 11) is 2.22. The van der Waals surface area contributed by atoms with Gasteiger partial charge in [0.25, 0.3) is 0 Å². The second-order valence-corrected chi connectivity index (χ2v) is 5.34. The van der Waals surface area contributed by atoms with E-state index < -0.39 is 0 Å². The predicted octanol–water partition coefficient (Wildman–Crippen LogP) is 1.86. The quantitative estimate of drug-likeness (QED) is 0.738. The lowest BCUT2D eigenvalue weighted by atomic mass is 9.67. The first-order valence-electron chi connectivity index (χ1n) is 6.16. The summed E-state index contributed by atoms with van der Waals surface area (Å²) in [5.74, 6) is 0. The summed E-state index contributed by atoms with van der Waals surface area (Å²) >= 11 is 0. The lowest BCUT2D eigenvalue weighted by molar-refractivity contribution is 0.119. The Morgan fingerprint density at radius 1 is 1.43 bits per heavy atom. The van der Waals surface area contributed by atoms with E-state index in [4.69, 9.17) is 0 Å². The molecule has 2 nitrogen and oxygen atoms in total. The maximum Gasteiger partial charge on any atom is 0.0207 e. The van der Waals surface area contributed by atoms with Crippen molar-refractivity contribution in [2.75, 3.05) is 26.7 Å². The summed E-state index contributed by atoms with van der Waals surface area (Å²) in [4.78, 5) is 2.43. The first kappa shape index (κ1) is 10.4. The Morgan fingerprint density at radius 3 is 2.64 bits per heavy atom. The lowest BCUT2D eigenvalue weighted by Crippen LogP contribution is -2.44. The van der Waals surface area contributed by atoms with Gasteiger partial charge in [-0.3, -0.25) is 0 Å². The van der Waals surface area contributed by atoms with E-state index in [1.165, 1.54) is 51.7 Å². The third kappa shape index (κ3) is 2.12. The zero-order chi connectivity index (χ0) is 10.0. The van der Waals surface area contributed by atoms with Crippen molar-refractivity contribution < 1.29 is 0 Å². The highest BCUT2D eigenvalue weighted by Gasteiger charge is 2.35. The standard InChI is InChI=1S/C12H24N2/c1-3-12(6-4-7-12)10-13-11-5-8-14(2)9-11/h11,13H,3-10H2,1-2H3. The van der Waals surface area contributed by atoms with Crippen LogP contribution in [0.5, 0.6) is 0 Å². The van der Waals surface area contributed by atoms with Gasteiger partial charge in [0.1, 0.15) is 0 Å². The maximum atomic E-state index is 3.76. The summed E-state index contributed by atoms with van der Waals surface area (Å²) in [6.45, 7) is 6.14. The van der Waals surface area contributed by atoms with Crippen molar-refractivity contribution in [3.63, 3.8) is 0 Å². The van der Waals surface area contributed by atoms with Crippen LogP contribution in [0.2, 0.25) is 0 Å². The molecule has 1 aliphatic carbocycles. The van der Waals surface area contributed by atoms with Gasteiger partial charge in [0.05, 0.1) is 0 Å². The average molecular weight is 196 g/mol. The molecule has 0 aromatic carbocycles. The van der Waals surface area contributed by atoms with Crippen molar-refractivity contribution in [2.24, 2.45) is 5.41 Å². The van der Waals surface area contributed by atoms with Crippen molar-refractivity contribution in [1.29, 1.82) is 0 Å². The molecule has 1 heterocycles. The van der Waals surface area contributed by atoms with Crippen molar-refractivity contribution in [2.45, 2.75) is 45.1 Å². The highest BCUT2D eigenvalue weighted by molar-refractivity contribution is 4.90. The van der Waals surface area contributed by atoms with Gasteiger partial charge in [0.2, 0.25) is 0 Å². The molecule has 1 N–H and O–H groups in total. The van der Waals surface area contributed by atoms with Gasteiger partial charge in [-0.1, -0.05) is 13.3 Å². The molecule has 0 aromatic heterocycles. The predicted molar refractivity (Wildman–Crippen MR) is 60.5 cm³/mol. The Morgan fingerprint density at radius 2 is 2.21 bits per heavy atom. The fraction of sp³-hybridized carbons (Fsp3) is 1.00. The van der Waals surface area contributed by atoms with Crippen molar-refractivity contribution in [1.82, 2.24) is 10.2 Å². The Balaban J connectivity index is 1.71. The summed E-state index contributed by atoms with van der Waals surface area (Å²) in [5.41, 5.74) is 0.682. The molecule has 1 unspecified atom stereocenters. The SMILES string of the molecule is CCC1(CNC2CCN(C)C2)CCC1. The van der Waals surface area contributed by atoms with Crippen LogP contribution in [0.15, 0.2) is 0 Å². The van der Waals surface area contributed by atoms with Gasteiger partial charge in [0, 0.05) is 19.1 Å². The fourth-order valence-electron chi connectivity index (χ4n) is 2.79. The number of likely N-dealkylation sites (tertiary alicyclic amines) is 1. The zero-order valence-electron chi connectivity index (χ0n) is 9.68. The molecule has 0 amide bonds. The molecule has 2 rings (SSSR count). The van der Waals surface area contributed by atoms with Crippen LogP contribution >= 0.6 is 0 Å². The molecule has 0 radical (unpaired) electrons. The molecule has 2 fully saturated rings. The molecule has 82 valence electrons. The number of likely N-dealkylation sites (N-methyl/N-ethyl adjacent to an activating group) is 1. The largest absolute Gasteiger partial charge is 0.312 e. The van der Waals surface area contributed by atoms with Gasteiger partial charge in [-0.25, -0.2) is 0 Å². The second kappa shape index (κ2) is 4.19. The molecular weight excluding hydrogens is 172 g/mol. The third-order valence-electron chi connectivity index (χ3n) is 4.32. The van der Waals surface area contributed by atoms with Crippen LogP contribution < -0.4 is 5.32 Å². The minimum Gasteiger partial charge on any atom is -0.312 e. The van der Waals surface area contributed by atoms with Gasteiger partial charge < -0.3 is 10.2 Å². The number of nitrogens with zero attached hydrogens (tertiary/aromatic N) is 1. The van der Waals surface area contributed by atoms with Crippen LogP contribution in [0.4, 0.5) is 0 Å². The van der Waals surface area contributed by atoms with Gasteiger partial charge >= 0.3 is 0 Å². The molecule has 2 heteroatoms. The summed E-state index contributed by atoms with van der Waals surface area (Å²) in [6, 6.07) is 0.768. The van der Waals surface area contributed by atoms with Crippen molar-refractivity contribution >= 4 is 0 Å². The van der Waals surface area contributed by atoms with Crippen LogP contribution in [-0.2, 0) is 0 Å². The first-order valence-corrected chi connectivity index (χ1v) is 6.16. The first-order chi connectivity index (χ1) is 6.74. The highest BCUT2D eigenvalue weighted by Crippen LogP contribution is 2.43. The van der Waals surface area contributed by atoms with Crippen molar-refractivity contribution in [3.05, 3.63) is 0 Å². The van der Waals surface area contributed by atoms with Crippen LogP contribution in [0.1, 0.15) is 39.0 Å². The molecule has 14 heavy (non-hydrogen) atoms. The van der Waals surface area contributed by atoms with Crippen molar-refractivity contribution in [3.8, 4) is 0 Å². The van der Waals surface area contributed by atoms with E-state index in [1.807, 2.05) is 0 Å². The summed E-state index contributed by atoms with van der Waals surface area (Å²) in [5, 5.41) is 3.76. The van der Waals surface area contributed by atoms with E-state index in [-0.39, 0.29) is 0 Å². The van der Waals surface area contributed by atoms with Crippen LogP contribution in [0.25, 0.3) is 0 Å². The molecule has 1 saturated carbocycles. The maximum absolute atomic E-state index is 3.76. The van der Waals surface area contributed by atoms with E-state index in [1.54, 1.807) is 0 Å². The summed E-state index contributed by atoms with van der Waals surface area (Å²) in [6.07, 6.45) is 7.08. The molecule has 0 bridgehead atoms. The minimum absolute atomic E-state index is 0.682. The topological polar surface area (TPSA) is 15.3 Å². The molecule has 0 spiro atoms. The minimum atomic E-state index is 0.682. The monoisotopic (exact) mass is 196 g/mol. The van der Waals surface area contributed by atoms with E-state index in [0.29, 0.717) is 5.41 Å². The van der Waals surface area contributed by atoms with E-state index in [2.05, 4.69) is 24.2 Å². The number of rotatable bonds is 4. The van der Waals surface area contributed by atoms with E-state index >= 15 is 0 Å². The second-order valence-electron chi connectivity index (χ2n) is 5.34. The normalized spacial score (nSPS) is 31.7. The van der Waals surface area contributed by atoms with Crippen LogP contribution in [0.3, 0.4) is 0 Å². The Labute approximate surface area is 88.1 Å². The van der Waals surface area contributed by atoms with Crippen LogP contribution in [0, 0.1) is 5.41 Å². The van der Waals surface area contributed by atoms with E-state index in [9.17, 15) is 0 Å². The molecule has 1 aliphatic heterocycles. The van der Waals surface area contributed by atoms with Gasteiger partial charge in [-0.2, -0.15) is 0 Å².